The van der Waals surface area contributed by atoms with Crippen LogP contribution in [0.25, 0.3) is 0 Å². The third kappa shape index (κ3) is 2.39. The summed E-state index contributed by atoms with van der Waals surface area (Å²) in [4.78, 5) is 0. The van der Waals surface area contributed by atoms with Crippen molar-refractivity contribution in [2.75, 3.05) is 20.8 Å². The maximum atomic E-state index is 5.05. The third-order valence-electron chi connectivity index (χ3n) is 1.81. The second kappa shape index (κ2) is 4.19. The number of allylic oxidation sites excluding steroid dienone is 2. The van der Waals surface area contributed by atoms with E-state index in [0.717, 1.165) is 19.4 Å². The van der Waals surface area contributed by atoms with Gasteiger partial charge in [-0.15, -0.1) is 0 Å². The maximum Gasteiger partial charge on any atom is 0.0676 e. The summed E-state index contributed by atoms with van der Waals surface area (Å²) in [5.74, 6) is 0. The standard InChI is InChI=1S/C9H15NO/c1-10-9-5-3-4-8(6-9)7-11-2/h5-6,10H,3-4,7H2,1-2H3. The average Bonchev–Trinajstić information content (AvgIpc) is 2.06. The van der Waals surface area contributed by atoms with Gasteiger partial charge in [-0.25, -0.2) is 0 Å². The smallest absolute Gasteiger partial charge is 0.0676 e. The first-order chi connectivity index (χ1) is 5.36. The Bertz CT molecular complexity index is 182. The Morgan fingerprint density at radius 1 is 1.64 bits per heavy atom. The lowest BCUT2D eigenvalue weighted by atomic mass is 10.0. The molecule has 11 heavy (non-hydrogen) atoms. The van der Waals surface area contributed by atoms with Crippen molar-refractivity contribution in [2.24, 2.45) is 0 Å². The number of rotatable bonds is 3. The van der Waals surface area contributed by atoms with E-state index in [2.05, 4.69) is 17.5 Å². The van der Waals surface area contributed by atoms with E-state index in [1.54, 1.807) is 7.11 Å². The van der Waals surface area contributed by atoms with E-state index in [0.29, 0.717) is 0 Å². The Balaban J connectivity index is 2.53. The molecule has 0 aromatic heterocycles. The molecular formula is C9H15NO. The summed E-state index contributed by atoms with van der Waals surface area (Å²) < 4.78 is 5.05. The second-order valence-electron chi connectivity index (χ2n) is 2.68. The third-order valence-corrected chi connectivity index (χ3v) is 1.81. The van der Waals surface area contributed by atoms with Crippen molar-refractivity contribution in [1.29, 1.82) is 0 Å². The van der Waals surface area contributed by atoms with Crippen LogP contribution in [0.4, 0.5) is 0 Å². The molecule has 0 spiro atoms. The van der Waals surface area contributed by atoms with Crippen LogP contribution in [0, 0.1) is 0 Å². The molecule has 1 aliphatic carbocycles. The van der Waals surface area contributed by atoms with Gasteiger partial charge in [0.2, 0.25) is 0 Å². The van der Waals surface area contributed by atoms with Crippen LogP contribution in [0.1, 0.15) is 12.8 Å². The fourth-order valence-electron chi connectivity index (χ4n) is 1.24. The minimum absolute atomic E-state index is 0.763. The van der Waals surface area contributed by atoms with Crippen molar-refractivity contribution in [3.63, 3.8) is 0 Å². The number of methoxy groups -OCH3 is 1. The van der Waals surface area contributed by atoms with Crippen LogP contribution >= 0.6 is 0 Å². The molecule has 0 atom stereocenters. The highest BCUT2D eigenvalue weighted by Crippen LogP contribution is 2.15. The Hall–Kier alpha value is -0.760. The molecular weight excluding hydrogens is 138 g/mol. The molecule has 0 radical (unpaired) electrons. The topological polar surface area (TPSA) is 21.3 Å². The molecule has 0 fully saturated rings. The summed E-state index contributed by atoms with van der Waals surface area (Å²) >= 11 is 0. The van der Waals surface area contributed by atoms with Gasteiger partial charge in [-0.3, -0.25) is 0 Å². The molecule has 2 heteroatoms. The van der Waals surface area contributed by atoms with Crippen LogP contribution in [0.15, 0.2) is 23.4 Å². The van der Waals surface area contributed by atoms with Crippen molar-refractivity contribution < 1.29 is 4.74 Å². The van der Waals surface area contributed by atoms with E-state index >= 15 is 0 Å². The Morgan fingerprint density at radius 2 is 2.45 bits per heavy atom. The molecule has 0 saturated carbocycles. The van der Waals surface area contributed by atoms with E-state index < -0.39 is 0 Å². The van der Waals surface area contributed by atoms with E-state index in [-0.39, 0.29) is 0 Å². The number of likely N-dealkylation sites (N-methyl/N-ethyl adjacent to an activating group) is 1. The van der Waals surface area contributed by atoms with E-state index in [1.807, 2.05) is 7.05 Å². The van der Waals surface area contributed by atoms with Gasteiger partial charge in [-0.1, -0.05) is 6.08 Å². The Labute approximate surface area is 67.9 Å². The van der Waals surface area contributed by atoms with Gasteiger partial charge in [0.25, 0.3) is 0 Å². The van der Waals surface area contributed by atoms with E-state index in [1.165, 1.54) is 11.3 Å². The Kier molecular flexibility index (Phi) is 3.17. The first-order valence-electron chi connectivity index (χ1n) is 3.93. The Morgan fingerprint density at radius 3 is 3.09 bits per heavy atom. The van der Waals surface area contributed by atoms with Crippen molar-refractivity contribution in [3.05, 3.63) is 23.4 Å². The quantitative estimate of drug-likeness (QED) is 0.662. The fourth-order valence-corrected chi connectivity index (χ4v) is 1.24. The lowest BCUT2D eigenvalue weighted by Gasteiger charge is -2.12. The van der Waals surface area contributed by atoms with Crippen LogP contribution in [-0.2, 0) is 4.74 Å². The fraction of sp³-hybridized carbons (Fsp3) is 0.556. The number of hydrogen-bond donors (Lipinski definition) is 1. The molecule has 0 aromatic carbocycles. The average molecular weight is 153 g/mol. The van der Waals surface area contributed by atoms with Gasteiger partial charge in [0.15, 0.2) is 0 Å². The van der Waals surface area contributed by atoms with Gasteiger partial charge >= 0.3 is 0 Å². The molecule has 0 aliphatic heterocycles. The highest BCUT2D eigenvalue weighted by molar-refractivity contribution is 5.26. The monoisotopic (exact) mass is 153 g/mol. The van der Waals surface area contributed by atoms with Gasteiger partial charge < -0.3 is 10.1 Å². The van der Waals surface area contributed by atoms with Crippen LogP contribution < -0.4 is 5.32 Å². The van der Waals surface area contributed by atoms with Crippen LogP contribution in [0.2, 0.25) is 0 Å². The zero-order chi connectivity index (χ0) is 8.10. The van der Waals surface area contributed by atoms with Crippen molar-refractivity contribution in [3.8, 4) is 0 Å². The zero-order valence-corrected chi connectivity index (χ0v) is 7.18. The number of hydrogen-bond acceptors (Lipinski definition) is 2. The lowest BCUT2D eigenvalue weighted by molar-refractivity contribution is 0.222. The molecule has 1 rings (SSSR count). The molecule has 0 unspecified atom stereocenters. The molecule has 62 valence electrons. The molecule has 1 N–H and O–H groups in total. The summed E-state index contributed by atoms with van der Waals surface area (Å²) in [7, 11) is 3.68. The lowest BCUT2D eigenvalue weighted by Crippen LogP contribution is -2.08. The minimum atomic E-state index is 0.763. The molecule has 2 nitrogen and oxygen atoms in total. The maximum absolute atomic E-state index is 5.05. The van der Waals surface area contributed by atoms with Crippen LogP contribution in [0.5, 0.6) is 0 Å². The van der Waals surface area contributed by atoms with Crippen molar-refractivity contribution >= 4 is 0 Å². The summed E-state index contributed by atoms with van der Waals surface area (Å²) in [6, 6.07) is 0. The predicted molar refractivity (Wildman–Crippen MR) is 46.3 cm³/mol. The van der Waals surface area contributed by atoms with Crippen molar-refractivity contribution in [2.45, 2.75) is 12.8 Å². The number of ether oxygens (including phenoxy) is 1. The molecule has 0 bridgehead atoms. The molecule has 1 aliphatic rings. The van der Waals surface area contributed by atoms with Gasteiger partial charge in [-0.2, -0.15) is 0 Å². The minimum Gasteiger partial charge on any atom is -0.388 e. The first-order valence-corrected chi connectivity index (χ1v) is 3.93. The summed E-state index contributed by atoms with van der Waals surface area (Å²) in [5, 5.41) is 3.12. The highest BCUT2D eigenvalue weighted by atomic mass is 16.5. The van der Waals surface area contributed by atoms with Crippen LogP contribution in [-0.4, -0.2) is 20.8 Å². The summed E-state index contributed by atoms with van der Waals surface area (Å²) in [5.41, 5.74) is 2.59. The van der Waals surface area contributed by atoms with Gasteiger partial charge in [0.05, 0.1) is 6.61 Å². The summed E-state index contributed by atoms with van der Waals surface area (Å²) in [6.45, 7) is 0.763. The van der Waals surface area contributed by atoms with Gasteiger partial charge in [-0.05, 0) is 24.5 Å². The highest BCUT2D eigenvalue weighted by Gasteiger charge is 2.02. The molecule has 0 aromatic rings. The normalized spacial score (nSPS) is 17.3. The summed E-state index contributed by atoms with van der Waals surface area (Å²) in [6.07, 6.45) is 6.64. The molecule has 0 saturated heterocycles. The largest absolute Gasteiger partial charge is 0.388 e. The number of nitrogens with one attached hydrogen (secondary N) is 1. The zero-order valence-electron chi connectivity index (χ0n) is 7.18. The van der Waals surface area contributed by atoms with E-state index in [9.17, 15) is 0 Å². The van der Waals surface area contributed by atoms with E-state index in [4.69, 9.17) is 4.74 Å². The first kappa shape index (κ1) is 8.34. The van der Waals surface area contributed by atoms with Gasteiger partial charge in [0, 0.05) is 19.9 Å². The molecule has 0 heterocycles. The predicted octanol–water partition coefficient (Wildman–Crippen LogP) is 1.46. The second-order valence-corrected chi connectivity index (χ2v) is 2.68. The van der Waals surface area contributed by atoms with Crippen molar-refractivity contribution in [1.82, 2.24) is 5.32 Å². The SMILES string of the molecule is CNC1=CCCC(COC)=C1. The molecule has 0 amide bonds. The van der Waals surface area contributed by atoms with Crippen LogP contribution in [0.3, 0.4) is 0 Å². The van der Waals surface area contributed by atoms with Gasteiger partial charge in [0.1, 0.15) is 0 Å².